The Morgan fingerprint density at radius 1 is 0.700 bits per heavy atom. The molecule has 0 unspecified atom stereocenters. The van der Waals surface area contributed by atoms with E-state index in [9.17, 15) is 19.2 Å². The molecule has 2 N–H and O–H groups in total. The highest BCUT2D eigenvalue weighted by Gasteiger charge is 2.32. The third-order valence-electron chi connectivity index (χ3n) is 4.07. The minimum atomic E-state index is -0.872. The minimum Gasteiger partial charge on any atom is -0.443 e. The van der Waals surface area contributed by atoms with Crippen LogP contribution in [0.4, 0.5) is 9.59 Å². The van der Waals surface area contributed by atoms with E-state index in [2.05, 4.69) is 10.9 Å². The van der Waals surface area contributed by atoms with Gasteiger partial charge in [0.05, 0.1) is 0 Å². The molecule has 1 fully saturated rings. The fourth-order valence-electron chi connectivity index (χ4n) is 2.55. The lowest BCUT2D eigenvalue weighted by Crippen LogP contribution is -2.63. The summed E-state index contributed by atoms with van der Waals surface area (Å²) in [6.07, 6.45) is -1.74. The second-order valence-corrected chi connectivity index (χ2v) is 6.31. The van der Waals surface area contributed by atoms with E-state index < -0.39 is 37.1 Å². The largest absolute Gasteiger partial charge is 0.443 e. The summed E-state index contributed by atoms with van der Waals surface area (Å²) in [7, 11) is 0. The molecule has 0 atom stereocenters. The van der Waals surface area contributed by atoms with Crippen molar-refractivity contribution in [3.63, 3.8) is 0 Å². The van der Waals surface area contributed by atoms with Crippen LogP contribution in [0.25, 0.3) is 0 Å². The SMILES string of the molecule is O=C(NN1CC(=O)N(NC(=O)OCc2ccccc2)CC1=O)OCc1ccccc1. The van der Waals surface area contributed by atoms with E-state index in [-0.39, 0.29) is 13.2 Å². The van der Waals surface area contributed by atoms with Crippen molar-refractivity contribution in [3.05, 3.63) is 71.8 Å². The number of hydrogen-bond acceptors (Lipinski definition) is 6. The normalized spacial score (nSPS) is 13.6. The van der Waals surface area contributed by atoms with Gasteiger partial charge in [0, 0.05) is 0 Å². The maximum absolute atomic E-state index is 12.2. The van der Waals surface area contributed by atoms with Crippen LogP contribution in [0.5, 0.6) is 0 Å². The zero-order chi connectivity index (χ0) is 21.3. The van der Waals surface area contributed by atoms with Gasteiger partial charge in [-0.2, -0.15) is 0 Å². The summed E-state index contributed by atoms with van der Waals surface area (Å²) >= 11 is 0. The van der Waals surface area contributed by atoms with E-state index in [4.69, 9.17) is 9.47 Å². The number of hydrogen-bond donors (Lipinski definition) is 2. The van der Waals surface area contributed by atoms with Crippen LogP contribution in [-0.2, 0) is 32.3 Å². The lowest BCUT2D eigenvalue weighted by molar-refractivity contribution is -0.154. The molecule has 0 saturated carbocycles. The van der Waals surface area contributed by atoms with Crippen LogP contribution in [-0.4, -0.2) is 47.1 Å². The third kappa shape index (κ3) is 5.96. The predicted molar refractivity (Wildman–Crippen MR) is 103 cm³/mol. The zero-order valence-electron chi connectivity index (χ0n) is 15.9. The number of rotatable bonds is 6. The summed E-state index contributed by atoms with van der Waals surface area (Å²) in [6, 6.07) is 18.0. The highest BCUT2D eigenvalue weighted by atomic mass is 16.6. The zero-order valence-corrected chi connectivity index (χ0v) is 15.9. The summed E-state index contributed by atoms with van der Waals surface area (Å²) in [6.45, 7) is -0.885. The van der Waals surface area contributed by atoms with E-state index >= 15 is 0 Å². The highest BCUT2D eigenvalue weighted by Crippen LogP contribution is 2.05. The molecule has 0 bridgehead atoms. The van der Waals surface area contributed by atoms with Crippen LogP contribution >= 0.6 is 0 Å². The maximum atomic E-state index is 12.2. The Kier molecular flexibility index (Phi) is 6.83. The summed E-state index contributed by atoms with van der Waals surface area (Å²) in [5.41, 5.74) is 5.99. The van der Waals surface area contributed by atoms with E-state index in [1.54, 1.807) is 48.5 Å². The first-order chi connectivity index (χ1) is 14.5. The Morgan fingerprint density at radius 2 is 1.07 bits per heavy atom. The van der Waals surface area contributed by atoms with Gasteiger partial charge >= 0.3 is 12.2 Å². The van der Waals surface area contributed by atoms with Crippen LogP contribution in [0, 0.1) is 0 Å². The molecule has 10 nitrogen and oxygen atoms in total. The average molecular weight is 412 g/mol. The first-order valence-corrected chi connectivity index (χ1v) is 9.06. The molecule has 1 saturated heterocycles. The Bertz CT molecular complexity index is 831. The Balaban J connectivity index is 1.43. The van der Waals surface area contributed by atoms with Crippen molar-refractivity contribution in [2.75, 3.05) is 13.1 Å². The number of benzene rings is 2. The van der Waals surface area contributed by atoms with Crippen molar-refractivity contribution in [1.29, 1.82) is 0 Å². The van der Waals surface area contributed by atoms with Gasteiger partial charge in [0.2, 0.25) is 0 Å². The summed E-state index contributed by atoms with van der Waals surface area (Å²) in [4.78, 5) is 48.1. The van der Waals surface area contributed by atoms with Crippen molar-refractivity contribution in [2.24, 2.45) is 0 Å². The topological polar surface area (TPSA) is 117 Å². The van der Waals surface area contributed by atoms with Gasteiger partial charge in [0.1, 0.15) is 26.3 Å². The monoisotopic (exact) mass is 412 g/mol. The standard InChI is InChI=1S/C20H20N4O6/c25-17-12-24(22-20(28)30-14-16-9-5-2-6-10-16)18(26)11-23(17)21-19(27)29-13-15-7-3-1-4-8-15/h1-10H,11-14H2,(H,21,27)(H,22,28). The van der Waals surface area contributed by atoms with Crippen LogP contribution in [0.1, 0.15) is 11.1 Å². The van der Waals surface area contributed by atoms with Crippen LogP contribution in [0.15, 0.2) is 60.7 Å². The first-order valence-electron chi connectivity index (χ1n) is 9.06. The second kappa shape index (κ2) is 9.92. The van der Waals surface area contributed by atoms with Crippen molar-refractivity contribution >= 4 is 24.0 Å². The number of nitrogens with zero attached hydrogens (tertiary/aromatic N) is 2. The molecule has 1 aliphatic heterocycles. The summed E-state index contributed by atoms with van der Waals surface area (Å²) < 4.78 is 10.0. The van der Waals surface area contributed by atoms with Gasteiger partial charge in [-0.1, -0.05) is 60.7 Å². The number of nitrogens with one attached hydrogen (secondary N) is 2. The fraction of sp³-hybridized carbons (Fsp3) is 0.200. The molecule has 2 aromatic rings. The van der Waals surface area contributed by atoms with E-state index in [1.807, 2.05) is 12.1 Å². The van der Waals surface area contributed by atoms with Crippen molar-refractivity contribution < 1.29 is 28.7 Å². The van der Waals surface area contributed by atoms with Gasteiger partial charge in [0.25, 0.3) is 11.8 Å². The summed E-state index contributed by atoms with van der Waals surface area (Å²) in [5, 5.41) is 1.67. The molecule has 2 aromatic carbocycles. The number of ether oxygens (including phenoxy) is 2. The predicted octanol–water partition coefficient (Wildman–Crippen LogP) is 1.34. The Hall–Kier alpha value is -4.08. The average Bonchev–Trinajstić information content (AvgIpc) is 2.76. The van der Waals surface area contributed by atoms with Crippen molar-refractivity contribution in [2.45, 2.75) is 13.2 Å². The molecule has 0 radical (unpaired) electrons. The van der Waals surface area contributed by atoms with Crippen LogP contribution in [0.3, 0.4) is 0 Å². The van der Waals surface area contributed by atoms with Crippen LogP contribution in [0.2, 0.25) is 0 Å². The molecular formula is C20H20N4O6. The number of carbonyl (C=O) groups is 4. The van der Waals surface area contributed by atoms with Gasteiger partial charge in [-0.15, -0.1) is 0 Å². The molecule has 1 aliphatic rings. The summed E-state index contributed by atoms with van der Waals surface area (Å²) in [5.74, 6) is -1.20. The number of carbonyl (C=O) groups excluding carboxylic acids is 4. The van der Waals surface area contributed by atoms with Crippen LogP contribution < -0.4 is 10.9 Å². The highest BCUT2D eigenvalue weighted by molar-refractivity contribution is 5.94. The Morgan fingerprint density at radius 3 is 1.43 bits per heavy atom. The van der Waals surface area contributed by atoms with E-state index in [1.165, 1.54) is 0 Å². The second-order valence-electron chi connectivity index (χ2n) is 6.31. The lowest BCUT2D eigenvalue weighted by Gasteiger charge is -2.32. The lowest BCUT2D eigenvalue weighted by atomic mass is 10.2. The van der Waals surface area contributed by atoms with Crippen molar-refractivity contribution in [1.82, 2.24) is 20.9 Å². The minimum absolute atomic E-state index is 0.0174. The smallest absolute Gasteiger partial charge is 0.426 e. The van der Waals surface area contributed by atoms with Gasteiger partial charge in [0.15, 0.2) is 0 Å². The number of amides is 4. The number of piperazine rings is 1. The molecule has 0 aliphatic carbocycles. The first kappa shape index (κ1) is 20.6. The molecule has 10 heteroatoms. The Labute approximate surface area is 172 Å². The van der Waals surface area contributed by atoms with E-state index in [0.29, 0.717) is 0 Å². The quantitative estimate of drug-likeness (QED) is 0.740. The number of hydrazine groups is 2. The third-order valence-corrected chi connectivity index (χ3v) is 4.07. The molecule has 156 valence electrons. The molecular weight excluding hydrogens is 392 g/mol. The van der Waals surface area contributed by atoms with E-state index in [0.717, 1.165) is 21.1 Å². The molecule has 0 aromatic heterocycles. The van der Waals surface area contributed by atoms with Gasteiger partial charge in [-0.25, -0.2) is 30.5 Å². The molecule has 30 heavy (non-hydrogen) atoms. The molecule has 0 spiro atoms. The van der Waals surface area contributed by atoms with Gasteiger partial charge in [-0.3, -0.25) is 9.59 Å². The van der Waals surface area contributed by atoms with Gasteiger partial charge < -0.3 is 9.47 Å². The van der Waals surface area contributed by atoms with Crippen molar-refractivity contribution in [3.8, 4) is 0 Å². The molecule has 3 rings (SSSR count). The maximum Gasteiger partial charge on any atom is 0.426 e. The molecule has 4 amide bonds. The fourth-order valence-corrected chi connectivity index (χ4v) is 2.55. The molecule has 1 heterocycles. The van der Waals surface area contributed by atoms with Gasteiger partial charge in [-0.05, 0) is 11.1 Å².